The highest BCUT2D eigenvalue weighted by atomic mass is 16.6. The normalized spacial score (nSPS) is 14.0. The molecular weight excluding hydrogens is 408 g/mol. The van der Waals surface area contributed by atoms with Gasteiger partial charge in [0.1, 0.15) is 17.1 Å². The summed E-state index contributed by atoms with van der Waals surface area (Å²) in [6, 6.07) is 11.6. The molecule has 0 unspecified atom stereocenters. The average molecular weight is 437 g/mol. The summed E-state index contributed by atoms with van der Waals surface area (Å²) in [7, 11) is 0. The van der Waals surface area contributed by atoms with E-state index in [1.54, 1.807) is 27.5 Å². The van der Waals surface area contributed by atoms with Crippen molar-refractivity contribution < 1.29 is 18.7 Å². The third kappa shape index (κ3) is 4.26. The summed E-state index contributed by atoms with van der Waals surface area (Å²) in [4.78, 5) is 28.9. The molecule has 4 rings (SSSR count). The van der Waals surface area contributed by atoms with Crippen LogP contribution in [-0.2, 0) is 4.74 Å². The zero-order chi connectivity index (χ0) is 22.8. The van der Waals surface area contributed by atoms with Gasteiger partial charge < -0.3 is 19.0 Å². The molecule has 0 atom stereocenters. The minimum absolute atomic E-state index is 0.129. The molecule has 1 aromatic carbocycles. The highest BCUT2D eigenvalue weighted by molar-refractivity contribution is 5.94. The van der Waals surface area contributed by atoms with Crippen LogP contribution in [0.1, 0.15) is 34.3 Å². The lowest BCUT2D eigenvalue weighted by Crippen LogP contribution is -2.51. The summed E-state index contributed by atoms with van der Waals surface area (Å²) in [5, 5.41) is 4.73. The van der Waals surface area contributed by atoms with E-state index in [0.717, 1.165) is 22.6 Å². The topological polar surface area (TPSA) is 80.8 Å². The van der Waals surface area contributed by atoms with E-state index in [4.69, 9.17) is 14.3 Å². The molecule has 2 amide bonds. The van der Waals surface area contributed by atoms with E-state index in [0.29, 0.717) is 49.9 Å². The Morgan fingerprint density at radius 1 is 1.00 bits per heavy atom. The van der Waals surface area contributed by atoms with Crippen molar-refractivity contribution in [2.45, 2.75) is 27.7 Å². The van der Waals surface area contributed by atoms with Crippen LogP contribution in [-0.4, -0.2) is 64.4 Å². The van der Waals surface area contributed by atoms with Crippen LogP contribution < -0.4 is 0 Å². The number of benzene rings is 1. The Bertz CT molecular complexity index is 1140. The first-order valence-corrected chi connectivity index (χ1v) is 10.8. The molecule has 0 aliphatic carbocycles. The van der Waals surface area contributed by atoms with Crippen molar-refractivity contribution in [1.82, 2.24) is 19.6 Å². The van der Waals surface area contributed by atoms with Crippen molar-refractivity contribution >= 4 is 12.0 Å². The van der Waals surface area contributed by atoms with Crippen molar-refractivity contribution in [3.8, 4) is 17.1 Å². The van der Waals surface area contributed by atoms with Crippen molar-refractivity contribution in [2.75, 3.05) is 32.8 Å². The van der Waals surface area contributed by atoms with Crippen LogP contribution >= 0.6 is 0 Å². The van der Waals surface area contributed by atoms with Gasteiger partial charge in [0.15, 0.2) is 5.76 Å². The van der Waals surface area contributed by atoms with E-state index in [2.05, 4.69) is 6.07 Å². The second kappa shape index (κ2) is 8.90. The molecule has 1 aliphatic heterocycles. The third-order valence-corrected chi connectivity index (χ3v) is 5.59. The molecule has 0 bridgehead atoms. The van der Waals surface area contributed by atoms with Gasteiger partial charge in [-0.3, -0.25) is 4.79 Å². The highest BCUT2D eigenvalue weighted by Crippen LogP contribution is 2.26. The summed E-state index contributed by atoms with van der Waals surface area (Å²) >= 11 is 0. The van der Waals surface area contributed by atoms with Crippen molar-refractivity contribution in [1.29, 1.82) is 0 Å². The van der Waals surface area contributed by atoms with Crippen molar-refractivity contribution in [3.63, 3.8) is 0 Å². The van der Waals surface area contributed by atoms with Crippen LogP contribution in [0.5, 0.6) is 0 Å². The standard InChI is InChI=1S/C24H28N4O4/c1-5-31-24(30)27-12-10-26(11-13-27)23(29)21-15-19(22-9-7-18(4)32-22)25-28(21)20-8-6-16(2)14-17(20)3/h6-9,14-15H,5,10-13H2,1-4H3. The smallest absolute Gasteiger partial charge is 0.409 e. The Hall–Kier alpha value is -3.55. The van der Waals surface area contributed by atoms with Gasteiger partial charge in [-0.25, -0.2) is 9.48 Å². The van der Waals surface area contributed by atoms with Crippen molar-refractivity contribution in [2.24, 2.45) is 0 Å². The molecule has 1 saturated heterocycles. The SMILES string of the molecule is CCOC(=O)N1CCN(C(=O)c2cc(-c3ccc(C)o3)nn2-c2ccc(C)cc2C)CC1. The number of nitrogens with zero attached hydrogens (tertiary/aromatic N) is 4. The predicted octanol–water partition coefficient (Wildman–Crippen LogP) is 3.97. The van der Waals surface area contributed by atoms with Crippen molar-refractivity contribution in [3.05, 3.63) is 59.0 Å². The van der Waals surface area contributed by atoms with Gasteiger partial charge in [0.2, 0.25) is 0 Å². The molecular formula is C24H28N4O4. The maximum atomic E-state index is 13.5. The van der Waals surface area contributed by atoms with Gasteiger partial charge in [0.05, 0.1) is 12.3 Å². The van der Waals surface area contributed by atoms with Gasteiger partial charge in [-0.2, -0.15) is 5.10 Å². The summed E-state index contributed by atoms with van der Waals surface area (Å²) in [5.74, 6) is 1.27. The molecule has 0 saturated carbocycles. The molecule has 0 radical (unpaired) electrons. The Labute approximate surface area is 187 Å². The lowest BCUT2D eigenvalue weighted by Gasteiger charge is -2.34. The molecule has 168 valence electrons. The third-order valence-electron chi connectivity index (χ3n) is 5.59. The Kier molecular flexibility index (Phi) is 6.03. The van der Waals surface area contributed by atoms with E-state index < -0.39 is 0 Å². The van der Waals surface area contributed by atoms with Crippen LogP contribution in [0, 0.1) is 20.8 Å². The first-order valence-electron chi connectivity index (χ1n) is 10.8. The summed E-state index contributed by atoms with van der Waals surface area (Å²) < 4.78 is 12.5. The summed E-state index contributed by atoms with van der Waals surface area (Å²) in [6.07, 6.45) is -0.338. The Morgan fingerprint density at radius 3 is 2.34 bits per heavy atom. The zero-order valence-corrected chi connectivity index (χ0v) is 18.9. The minimum atomic E-state index is -0.338. The number of carbonyl (C=O) groups is 2. The number of carbonyl (C=O) groups excluding carboxylic acids is 2. The van der Waals surface area contributed by atoms with Crippen LogP contribution in [0.25, 0.3) is 17.1 Å². The Balaban J connectivity index is 1.65. The van der Waals surface area contributed by atoms with E-state index in [1.165, 1.54) is 0 Å². The number of ether oxygens (including phenoxy) is 1. The van der Waals surface area contributed by atoms with E-state index >= 15 is 0 Å². The fraction of sp³-hybridized carbons (Fsp3) is 0.375. The van der Waals surface area contributed by atoms with Gasteiger partial charge in [-0.15, -0.1) is 0 Å². The summed E-state index contributed by atoms with van der Waals surface area (Å²) in [5.41, 5.74) is 4.08. The van der Waals surface area contributed by atoms with Gasteiger partial charge in [0.25, 0.3) is 5.91 Å². The second-order valence-corrected chi connectivity index (χ2v) is 8.01. The lowest BCUT2D eigenvalue weighted by molar-refractivity contribution is 0.0563. The fourth-order valence-corrected chi connectivity index (χ4v) is 3.92. The molecule has 8 heteroatoms. The zero-order valence-electron chi connectivity index (χ0n) is 18.9. The molecule has 1 fully saturated rings. The predicted molar refractivity (Wildman–Crippen MR) is 120 cm³/mol. The molecule has 2 aromatic heterocycles. The maximum absolute atomic E-state index is 13.5. The van der Waals surface area contributed by atoms with E-state index in [9.17, 15) is 9.59 Å². The molecule has 0 spiro atoms. The molecule has 3 aromatic rings. The maximum Gasteiger partial charge on any atom is 0.409 e. The Morgan fingerprint density at radius 2 is 1.72 bits per heavy atom. The number of hydrogen-bond acceptors (Lipinski definition) is 5. The first-order chi connectivity index (χ1) is 15.4. The van der Waals surface area contributed by atoms with E-state index in [-0.39, 0.29) is 12.0 Å². The molecule has 32 heavy (non-hydrogen) atoms. The number of hydrogen-bond donors (Lipinski definition) is 0. The van der Waals surface area contributed by atoms with Crippen LogP contribution in [0.2, 0.25) is 0 Å². The number of amides is 2. The molecule has 3 heterocycles. The fourth-order valence-electron chi connectivity index (χ4n) is 3.92. The quantitative estimate of drug-likeness (QED) is 0.618. The monoisotopic (exact) mass is 436 g/mol. The van der Waals surface area contributed by atoms with Crippen LogP contribution in [0.15, 0.2) is 40.8 Å². The van der Waals surface area contributed by atoms with Crippen LogP contribution in [0.3, 0.4) is 0 Å². The number of piperazine rings is 1. The number of furan rings is 1. The largest absolute Gasteiger partial charge is 0.460 e. The minimum Gasteiger partial charge on any atom is -0.460 e. The van der Waals surface area contributed by atoms with Gasteiger partial charge in [-0.1, -0.05) is 17.7 Å². The van der Waals surface area contributed by atoms with Gasteiger partial charge >= 0.3 is 6.09 Å². The lowest BCUT2D eigenvalue weighted by atomic mass is 10.1. The van der Waals surface area contributed by atoms with E-state index in [1.807, 2.05) is 45.0 Å². The molecule has 0 N–H and O–H groups in total. The molecule has 8 nitrogen and oxygen atoms in total. The molecule has 1 aliphatic rings. The van der Waals surface area contributed by atoms with Gasteiger partial charge in [0, 0.05) is 32.2 Å². The van der Waals surface area contributed by atoms with Crippen LogP contribution in [0.4, 0.5) is 4.79 Å². The number of rotatable bonds is 4. The number of aromatic nitrogens is 2. The highest BCUT2D eigenvalue weighted by Gasteiger charge is 2.29. The van der Waals surface area contributed by atoms with Gasteiger partial charge in [-0.05, 0) is 51.5 Å². The first kappa shape index (κ1) is 21.7. The average Bonchev–Trinajstić information content (AvgIpc) is 3.40. The summed E-state index contributed by atoms with van der Waals surface area (Å²) in [6.45, 7) is 9.78. The second-order valence-electron chi connectivity index (χ2n) is 8.01. The number of aryl methyl sites for hydroxylation is 3.